The van der Waals surface area contributed by atoms with Crippen LogP contribution in [0, 0.1) is 0 Å². The molecule has 0 amide bonds. The molecule has 2 aromatic rings. The second-order valence-corrected chi connectivity index (χ2v) is 7.48. The van der Waals surface area contributed by atoms with Gasteiger partial charge in [0.25, 0.3) is 0 Å². The van der Waals surface area contributed by atoms with Gasteiger partial charge in [0.1, 0.15) is 11.6 Å². The minimum atomic E-state index is 0.0532. The molecule has 8 heteroatoms. The van der Waals surface area contributed by atoms with Crippen LogP contribution in [0.15, 0.2) is 24.3 Å². The molecule has 5 N–H and O–H groups in total. The highest BCUT2D eigenvalue weighted by Crippen LogP contribution is 2.24. The Labute approximate surface area is 179 Å². The van der Waals surface area contributed by atoms with Gasteiger partial charge in [-0.15, -0.1) is 0 Å². The van der Waals surface area contributed by atoms with Crippen LogP contribution in [0.4, 0.5) is 11.8 Å². The second kappa shape index (κ2) is 12.3. The number of methoxy groups -OCH3 is 1. The van der Waals surface area contributed by atoms with Gasteiger partial charge >= 0.3 is 0 Å². The summed E-state index contributed by atoms with van der Waals surface area (Å²) in [5, 5.41) is 21.8. The third kappa shape index (κ3) is 7.44. The molecule has 8 nitrogen and oxygen atoms in total. The predicted octanol–water partition coefficient (Wildman–Crippen LogP) is 2.05. The maximum atomic E-state index is 9.20. The van der Waals surface area contributed by atoms with Crippen LogP contribution in [0.1, 0.15) is 43.5 Å². The quantitative estimate of drug-likeness (QED) is 0.391. The zero-order valence-electron chi connectivity index (χ0n) is 18.3. The summed E-state index contributed by atoms with van der Waals surface area (Å²) in [6.45, 7) is 6.03. The molecule has 2 rings (SSSR count). The Morgan fingerprint density at radius 3 is 2.53 bits per heavy atom. The Hall–Kier alpha value is -2.42. The van der Waals surface area contributed by atoms with E-state index in [1.807, 2.05) is 29.2 Å². The van der Waals surface area contributed by atoms with Gasteiger partial charge in [-0.1, -0.05) is 25.5 Å². The van der Waals surface area contributed by atoms with Crippen molar-refractivity contribution in [2.75, 3.05) is 44.5 Å². The van der Waals surface area contributed by atoms with Crippen LogP contribution >= 0.6 is 0 Å². The second-order valence-electron chi connectivity index (χ2n) is 7.48. The number of benzene rings is 1. The average molecular weight is 418 g/mol. The maximum absolute atomic E-state index is 9.20. The molecule has 0 spiro atoms. The molecule has 0 saturated heterocycles. The van der Waals surface area contributed by atoms with Crippen molar-refractivity contribution in [1.82, 2.24) is 14.9 Å². The van der Waals surface area contributed by atoms with E-state index < -0.39 is 0 Å². The first-order chi connectivity index (χ1) is 14.5. The van der Waals surface area contributed by atoms with Crippen molar-refractivity contribution in [3.05, 3.63) is 41.1 Å². The van der Waals surface area contributed by atoms with Crippen LogP contribution in [0.2, 0.25) is 0 Å². The SMILES string of the molecule is CCC[C@H](C)Nc1cc(Cc2ccc(CN(CCO)CCO)cc2OC)nc(N)n1. The van der Waals surface area contributed by atoms with Crippen LogP contribution < -0.4 is 15.8 Å². The van der Waals surface area contributed by atoms with Gasteiger partial charge in [-0.05, 0) is 25.0 Å². The molecule has 30 heavy (non-hydrogen) atoms. The number of aromatic nitrogens is 2. The lowest BCUT2D eigenvalue weighted by atomic mass is 10.0. The fraction of sp³-hybridized carbons (Fsp3) is 0.545. The van der Waals surface area contributed by atoms with Crippen molar-refractivity contribution >= 4 is 11.8 Å². The molecule has 0 unspecified atom stereocenters. The molecule has 1 aromatic carbocycles. The highest BCUT2D eigenvalue weighted by atomic mass is 16.5. The fourth-order valence-electron chi connectivity index (χ4n) is 3.48. The fourth-order valence-corrected chi connectivity index (χ4v) is 3.48. The largest absolute Gasteiger partial charge is 0.496 e. The molecule has 1 aromatic heterocycles. The molecule has 0 aliphatic rings. The van der Waals surface area contributed by atoms with Crippen LogP contribution in [-0.4, -0.2) is 64.5 Å². The lowest BCUT2D eigenvalue weighted by molar-refractivity contribution is 0.156. The Bertz CT molecular complexity index is 781. The van der Waals surface area contributed by atoms with E-state index in [-0.39, 0.29) is 19.2 Å². The zero-order valence-corrected chi connectivity index (χ0v) is 18.3. The van der Waals surface area contributed by atoms with Gasteiger partial charge in [0.15, 0.2) is 0 Å². The molecular formula is C22H35N5O3. The summed E-state index contributed by atoms with van der Waals surface area (Å²) in [7, 11) is 1.65. The third-order valence-corrected chi connectivity index (χ3v) is 4.87. The van der Waals surface area contributed by atoms with Crippen molar-refractivity contribution in [1.29, 1.82) is 0 Å². The molecule has 1 heterocycles. The van der Waals surface area contributed by atoms with E-state index in [1.165, 1.54) is 0 Å². The van der Waals surface area contributed by atoms with Crippen molar-refractivity contribution < 1.29 is 14.9 Å². The summed E-state index contributed by atoms with van der Waals surface area (Å²) in [4.78, 5) is 10.7. The number of nitrogens with two attached hydrogens (primary N) is 1. The Morgan fingerprint density at radius 2 is 1.90 bits per heavy atom. The highest BCUT2D eigenvalue weighted by Gasteiger charge is 2.12. The molecule has 0 radical (unpaired) electrons. The topological polar surface area (TPSA) is 117 Å². The smallest absolute Gasteiger partial charge is 0.222 e. The van der Waals surface area contributed by atoms with Gasteiger partial charge < -0.3 is 26.0 Å². The molecule has 0 fully saturated rings. The summed E-state index contributed by atoms with van der Waals surface area (Å²) in [5.74, 6) is 1.75. The lowest BCUT2D eigenvalue weighted by Gasteiger charge is -2.21. The zero-order chi connectivity index (χ0) is 21.9. The van der Waals surface area contributed by atoms with E-state index in [9.17, 15) is 10.2 Å². The molecule has 0 bridgehead atoms. The van der Waals surface area contributed by atoms with E-state index in [4.69, 9.17) is 10.5 Å². The molecular weight excluding hydrogens is 382 g/mol. The maximum Gasteiger partial charge on any atom is 0.222 e. The Morgan fingerprint density at radius 1 is 1.17 bits per heavy atom. The van der Waals surface area contributed by atoms with Gasteiger partial charge in [0.05, 0.1) is 26.0 Å². The highest BCUT2D eigenvalue weighted by molar-refractivity contribution is 5.45. The molecule has 0 aliphatic carbocycles. The van der Waals surface area contributed by atoms with Crippen molar-refractivity contribution in [3.8, 4) is 5.75 Å². The number of rotatable bonds is 13. The number of aliphatic hydroxyl groups is 2. The molecule has 0 aliphatic heterocycles. The Kier molecular flexibility index (Phi) is 9.79. The van der Waals surface area contributed by atoms with E-state index >= 15 is 0 Å². The number of ether oxygens (including phenoxy) is 1. The third-order valence-electron chi connectivity index (χ3n) is 4.87. The monoisotopic (exact) mass is 417 g/mol. The normalized spacial score (nSPS) is 12.2. The summed E-state index contributed by atoms with van der Waals surface area (Å²) in [5.41, 5.74) is 8.80. The van der Waals surface area contributed by atoms with Crippen molar-refractivity contribution in [2.24, 2.45) is 0 Å². The predicted molar refractivity (Wildman–Crippen MR) is 120 cm³/mol. The summed E-state index contributed by atoms with van der Waals surface area (Å²) in [6, 6.07) is 8.29. The Balaban J connectivity index is 2.17. The first-order valence-corrected chi connectivity index (χ1v) is 10.5. The van der Waals surface area contributed by atoms with Crippen molar-refractivity contribution in [3.63, 3.8) is 0 Å². The van der Waals surface area contributed by atoms with E-state index in [0.29, 0.717) is 32.1 Å². The summed E-state index contributed by atoms with van der Waals surface area (Å²) < 4.78 is 5.61. The lowest BCUT2D eigenvalue weighted by Crippen LogP contribution is -2.29. The first kappa shape index (κ1) is 23.9. The number of hydrogen-bond donors (Lipinski definition) is 4. The van der Waals surface area contributed by atoms with Crippen molar-refractivity contribution in [2.45, 2.75) is 45.7 Å². The van der Waals surface area contributed by atoms with Gasteiger partial charge in [0, 0.05) is 43.7 Å². The standard InChI is InChI=1S/C22H35N5O3/c1-4-5-16(2)24-21-14-19(25-22(23)26-21)13-18-7-6-17(12-20(18)30-3)15-27(8-10-28)9-11-29/h6-7,12,14,16,28-29H,4-5,8-11,13,15H2,1-3H3,(H3,23,24,25,26)/t16-/m0/s1. The van der Waals surface area contributed by atoms with Crippen LogP contribution in [0.5, 0.6) is 5.75 Å². The molecule has 166 valence electrons. The summed E-state index contributed by atoms with van der Waals surface area (Å²) in [6.07, 6.45) is 2.72. The van der Waals surface area contributed by atoms with E-state index in [2.05, 4.69) is 29.1 Å². The molecule has 0 saturated carbocycles. The summed E-state index contributed by atoms with van der Waals surface area (Å²) >= 11 is 0. The van der Waals surface area contributed by atoms with E-state index in [1.54, 1.807) is 7.11 Å². The van der Waals surface area contributed by atoms with E-state index in [0.717, 1.165) is 41.2 Å². The minimum absolute atomic E-state index is 0.0532. The van der Waals surface area contributed by atoms with Gasteiger partial charge in [0.2, 0.25) is 5.95 Å². The van der Waals surface area contributed by atoms with Crippen LogP contribution in [-0.2, 0) is 13.0 Å². The van der Waals surface area contributed by atoms with Gasteiger partial charge in [-0.2, -0.15) is 4.98 Å². The number of nitrogens with zero attached hydrogens (tertiary/aromatic N) is 3. The number of hydrogen-bond acceptors (Lipinski definition) is 8. The average Bonchev–Trinajstić information content (AvgIpc) is 2.69. The number of anilines is 2. The van der Waals surface area contributed by atoms with Crippen LogP contribution in [0.25, 0.3) is 0 Å². The molecule has 1 atom stereocenters. The van der Waals surface area contributed by atoms with Crippen LogP contribution in [0.3, 0.4) is 0 Å². The van der Waals surface area contributed by atoms with Gasteiger partial charge in [-0.3, -0.25) is 4.90 Å². The number of aliphatic hydroxyl groups excluding tert-OH is 2. The first-order valence-electron chi connectivity index (χ1n) is 10.5. The van der Waals surface area contributed by atoms with Gasteiger partial charge in [-0.25, -0.2) is 4.98 Å². The number of nitrogen functional groups attached to an aromatic ring is 1. The minimum Gasteiger partial charge on any atom is -0.496 e. The number of nitrogens with one attached hydrogen (secondary N) is 1.